The fourth-order valence-corrected chi connectivity index (χ4v) is 3.08. The van der Waals surface area contributed by atoms with Crippen molar-refractivity contribution in [1.29, 1.82) is 0 Å². The third-order valence-corrected chi connectivity index (χ3v) is 5.08. The van der Waals surface area contributed by atoms with Crippen LogP contribution in [0, 0.1) is 5.41 Å². The summed E-state index contributed by atoms with van der Waals surface area (Å²) in [7, 11) is 0. The van der Waals surface area contributed by atoms with E-state index in [0.717, 1.165) is 24.2 Å². The van der Waals surface area contributed by atoms with Gasteiger partial charge in [-0.15, -0.1) is 12.4 Å². The minimum absolute atomic E-state index is 0. The largest absolute Gasteiger partial charge is 0.490 e. The van der Waals surface area contributed by atoms with Gasteiger partial charge in [0.25, 0.3) is 0 Å². The number of carbonyl (C=O) groups excluding carboxylic acids is 1. The summed E-state index contributed by atoms with van der Waals surface area (Å²) < 4.78 is 11.4. The van der Waals surface area contributed by atoms with Crippen molar-refractivity contribution in [1.82, 2.24) is 5.32 Å². The fraction of sp³-hybridized carbons (Fsp3) is 0.611. The van der Waals surface area contributed by atoms with Crippen LogP contribution >= 0.6 is 12.4 Å². The van der Waals surface area contributed by atoms with Crippen LogP contribution in [0.2, 0.25) is 0 Å². The van der Waals surface area contributed by atoms with Crippen molar-refractivity contribution in [3.05, 3.63) is 29.8 Å². The van der Waals surface area contributed by atoms with Crippen LogP contribution in [0.4, 0.5) is 0 Å². The lowest BCUT2D eigenvalue weighted by Crippen LogP contribution is -2.49. The van der Waals surface area contributed by atoms with E-state index in [1.807, 2.05) is 24.3 Å². The summed E-state index contributed by atoms with van der Waals surface area (Å²) in [5, 5.41) is 3.06. The van der Waals surface area contributed by atoms with Crippen molar-refractivity contribution >= 4 is 18.3 Å². The Hall–Kier alpha value is -1.30. The van der Waals surface area contributed by atoms with Crippen molar-refractivity contribution in [3.8, 4) is 5.75 Å². The average molecular weight is 355 g/mol. The maximum absolute atomic E-state index is 12.6. The summed E-state index contributed by atoms with van der Waals surface area (Å²) in [5.74, 6) is 0.910. The number of nitrogens with two attached hydrogens (primary N) is 1. The molecular weight excluding hydrogens is 328 g/mol. The Morgan fingerprint density at radius 1 is 1.29 bits per heavy atom. The van der Waals surface area contributed by atoms with Crippen molar-refractivity contribution in [2.75, 3.05) is 19.8 Å². The van der Waals surface area contributed by atoms with Crippen LogP contribution in [0.25, 0.3) is 0 Å². The normalized spacial score (nSPS) is 19.7. The molecule has 3 rings (SSSR count). The van der Waals surface area contributed by atoms with E-state index in [0.29, 0.717) is 45.2 Å². The van der Waals surface area contributed by atoms with E-state index in [1.54, 1.807) is 0 Å². The molecule has 0 aromatic heterocycles. The summed E-state index contributed by atoms with van der Waals surface area (Å²) in [5.41, 5.74) is 6.42. The number of carbonyl (C=O) groups is 1. The molecule has 1 aromatic rings. The Balaban J connectivity index is 0.00000208. The van der Waals surface area contributed by atoms with Gasteiger partial charge in [0, 0.05) is 31.9 Å². The molecule has 1 aliphatic heterocycles. The van der Waals surface area contributed by atoms with Crippen LogP contribution in [-0.2, 0) is 16.1 Å². The van der Waals surface area contributed by atoms with Gasteiger partial charge in [0.2, 0.25) is 5.91 Å². The molecule has 3 N–H and O–H groups in total. The molecule has 1 amide bonds. The molecule has 6 heteroatoms. The number of hydrogen-bond donors (Lipinski definition) is 2. The highest BCUT2D eigenvalue weighted by atomic mass is 35.5. The summed E-state index contributed by atoms with van der Waals surface area (Å²) in [4.78, 5) is 12.6. The van der Waals surface area contributed by atoms with E-state index < -0.39 is 5.41 Å². The third-order valence-electron chi connectivity index (χ3n) is 5.08. The molecule has 1 aliphatic carbocycles. The van der Waals surface area contributed by atoms with Gasteiger partial charge in [0.1, 0.15) is 5.75 Å². The van der Waals surface area contributed by atoms with Crippen LogP contribution in [0.1, 0.15) is 37.7 Å². The van der Waals surface area contributed by atoms with Crippen molar-refractivity contribution in [3.63, 3.8) is 0 Å². The van der Waals surface area contributed by atoms with Crippen molar-refractivity contribution in [2.24, 2.45) is 11.1 Å². The molecule has 5 nitrogen and oxygen atoms in total. The minimum atomic E-state index is -0.484. The number of halogens is 1. The third kappa shape index (κ3) is 4.21. The second kappa shape index (κ2) is 8.70. The first-order valence-corrected chi connectivity index (χ1v) is 8.54. The highest BCUT2D eigenvalue weighted by molar-refractivity contribution is 5.85. The van der Waals surface area contributed by atoms with Crippen molar-refractivity contribution in [2.45, 2.75) is 44.8 Å². The van der Waals surface area contributed by atoms with E-state index in [4.69, 9.17) is 15.2 Å². The summed E-state index contributed by atoms with van der Waals surface area (Å²) in [6, 6.07) is 7.93. The highest BCUT2D eigenvalue weighted by Crippen LogP contribution is 2.30. The molecule has 1 heterocycles. The number of nitrogens with one attached hydrogen (secondary N) is 1. The zero-order chi connectivity index (χ0) is 16.1. The topological polar surface area (TPSA) is 73.6 Å². The fourth-order valence-electron chi connectivity index (χ4n) is 3.08. The Morgan fingerprint density at radius 3 is 2.62 bits per heavy atom. The van der Waals surface area contributed by atoms with Crippen LogP contribution in [0.5, 0.6) is 5.75 Å². The first-order chi connectivity index (χ1) is 11.2. The number of hydrogen-bond acceptors (Lipinski definition) is 4. The second-order valence-corrected chi connectivity index (χ2v) is 6.56. The first-order valence-electron chi connectivity index (χ1n) is 8.54. The van der Waals surface area contributed by atoms with Gasteiger partial charge in [-0.05, 0) is 38.2 Å². The minimum Gasteiger partial charge on any atom is -0.490 e. The maximum Gasteiger partial charge on any atom is 0.227 e. The number of ether oxygens (including phenoxy) is 2. The summed E-state index contributed by atoms with van der Waals surface area (Å²) in [6.07, 6.45) is 5.20. The lowest BCUT2D eigenvalue weighted by atomic mass is 9.79. The van der Waals surface area contributed by atoms with Crippen LogP contribution in [0.15, 0.2) is 24.3 Å². The molecule has 134 valence electrons. The molecule has 2 fully saturated rings. The van der Waals surface area contributed by atoms with E-state index in [1.165, 1.54) is 6.42 Å². The first kappa shape index (κ1) is 19.0. The average Bonchev–Trinajstić information content (AvgIpc) is 2.57. The van der Waals surface area contributed by atoms with Gasteiger partial charge < -0.3 is 20.5 Å². The standard InChI is InChI=1S/C18H26N2O3.ClH/c19-13-18(8-10-22-11-9-18)17(21)20-12-14-4-1-2-7-16(14)23-15-5-3-6-15;/h1-2,4,7,15H,3,5-6,8-13,19H2,(H,20,21);1H. The molecule has 0 radical (unpaired) electrons. The van der Waals surface area contributed by atoms with E-state index in [9.17, 15) is 4.79 Å². The predicted octanol–water partition coefficient (Wildman–Crippen LogP) is 2.41. The molecule has 0 spiro atoms. The highest BCUT2D eigenvalue weighted by Gasteiger charge is 2.38. The summed E-state index contributed by atoms with van der Waals surface area (Å²) in [6.45, 7) is 2.05. The monoisotopic (exact) mass is 354 g/mol. The van der Waals surface area contributed by atoms with Crippen molar-refractivity contribution < 1.29 is 14.3 Å². The second-order valence-electron chi connectivity index (χ2n) is 6.56. The van der Waals surface area contributed by atoms with Gasteiger partial charge in [0.15, 0.2) is 0 Å². The van der Waals surface area contributed by atoms with Gasteiger partial charge >= 0.3 is 0 Å². The Morgan fingerprint density at radius 2 is 2.00 bits per heavy atom. The van der Waals surface area contributed by atoms with Gasteiger partial charge in [-0.2, -0.15) is 0 Å². The number of benzene rings is 1. The number of amides is 1. The van der Waals surface area contributed by atoms with Crippen LogP contribution < -0.4 is 15.8 Å². The van der Waals surface area contributed by atoms with E-state index >= 15 is 0 Å². The number of para-hydroxylation sites is 1. The molecule has 0 unspecified atom stereocenters. The Kier molecular flexibility index (Phi) is 6.90. The quantitative estimate of drug-likeness (QED) is 0.822. The van der Waals surface area contributed by atoms with E-state index in [2.05, 4.69) is 5.32 Å². The molecule has 1 saturated carbocycles. The maximum atomic E-state index is 12.6. The van der Waals surface area contributed by atoms with Gasteiger partial charge in [-0.3, -0.25) is 4.79 Å². The van der Waals surface area contributed by atoms with Crippen LogP contribution in [0.3, 0.4) is 0 Å². The van der Waals surface area contributed by atoms with Gasteiger partial charge in [-0.25, -0.2) is 0 Å². The molecule has 1 saturated heterocycles. The molecule has 2 aliphatic rings. The molecule has 0 bridgehead atoms. The SMILES string of the molecule is Cl.NCC1(C(=O)NCc2ccccc2OC2CCC2)CCOCC1. The molecule has 0 atom stereocenters. The van der Waals surface area contributed by atoms with E-state index in [-0.39, 0.29) is 18.3 Å². The smallest absolute Gasteiger partial charge is 0.227 e. The molecular formula is C18H27ClN2O3. The van der Waals surface area contributed by atoms with Gasteiger partial charge in [-0.1, -0.05) is 18.2 Å². The van der Waals surface area contributed by atoms with Gasteiger partial charge in [0.05, 0.1) is 11.5 Å². The Labute approximate surface area is 149 Å². The summed E-state index contributed by atoms with van der Waals surface area (Å²) >= 11 is 0. The van der Waals surface area contributed by atoms with Crippen LogP contribution in [-0.4, -0.2) is 31.8 Å². The molecule has 1 aromatic carbocycles. The Bertz CT molecular complexity index is 543. The zero-order valence-corrected chi connectivity index (χ0v) is 14.8. The lowest BCUT2D eigenvalue weighted by Gasteiger charge is -2.34. The lowest BCUT2D eigenvalue weighted by molar-refractivity contribution is -0.136. The predicted molar refractivity (Wildman–Crippen MR) is 95.3 cm³/mol. The number of rotatable bonds is 6. The molecule has 24 heavy (non-hydrogen) atoms. The zero-order valence-electron chi connectivity index (χ0n) is 14.0.